The average Bonchev–Trinajstić information content (AvgIpc) is 3.43. The molecular formula is C20H16N4O4. The number of ether oxygens (including phenoxy) is 2. The monoisotopic (exact) mass is 376 g/mol. The molecule has 140 valence electrons. The molecule has 1 aromatic heterocycles. The number of hydrogen-bond donors (Lipinski definition) is 0. The van der Waals surface area contributed by atoms with Crippen LogP contribution in [-0.2, 0) is 4.74 Å². The van der Waals surface area contributed by atoms with Crippen LogP contribution in [0.4, 0.5) is 0 Å². The van der Waals surface area contributed by atoms with Crippen molar-refractivity contribution in [1.82, 2.24) is 14.0 Å². The van der Waals surface area contributed by atoms with Crippen molar-refractivity contribution in [2.24, 2.45) is 5.10 Å². The Kier molecular flexibility index (Phi) is 2.98. The third kappa shape index (κ3) is 1.80. The van der Waals surface area contributed by atoms with Crippen LogP contribution in [0.15, 0.2) is 63.2 Å². The molecule has 0 saturated carbocycles. The van der Waals surface area contributed by atoms with Crippen molar-refractivity contribution in [3.63, 3.8) is 0 Å². The van der Waals surface area contributed by atoms with Gasteiger partial charge in [-0.25, -0.2) is 14.3 Å². The molecule has 8 nitrogen and oxygen atoms in total. The van der Waals surface area contributed by atoms with Gasteiger partial charge in [0.25, 0.3) is 0 Å². The molecule has 1 aliphatic carbocycles. The standard InChI is InChI=1S/C20H16N4O4/c1-27-12-8-6-11(7-9-12)10-21-22-19(25)23-16-15-13-4-2-3-5-14(13)17(16)28-18(15)24(23)20(22)26/h2-10,15-18H,1H3/t15-,16-,17+,18-/m1/s1. The Morgan fingerprint density at radius 3 is 2.46 bits per heavy atom. The highest BCUT2D eigenvalue weighted by Crippen LogP contribution is 2.64. The number of benzene rings is 2. The Morgan fingerprint density at radius 1 is 1.00 bits per heavy atom. The highest BCUT2D eigenvalue weighted by atomic mass is 16.5. The molecule has 0 amide bonds. The second-order valence-electron chi connectivity index (χ2n) is 7.18. The zero-order valence-electron chi connectivity index (χ0n) is 14.9. The summed E-state index contributed by atoms with van der Waals surface area (Å²) in [6.45, 7) is 0. The third-order valence-electron chi connectivity index (χ3n) is 5.88. The van der Waals surface area contributed by atoms with E-state index in [2.05, 4.69) is 11.2 Å². The van der Waals surface area contributed by atoms with E-state index in [1.807, 2.05) is 18.2 Å². The normalized spacial score (nSPS) is 26.0. The molecule has 1 saturated heterocycles. The van der Waals surface area contributed by atoms with E-state index in [9.17, 15) is 9.59 Å². The van der Waals surface area contributed by atoms with Crippen LogP contribution in [0.2, 0.25) is 0 Å². The Hall–Kier alpha value is -3.39. The minimum absolute atomic E-state index is 0.00168. The van der Waals surface area contributed by atoms with Gasteiger partial charge in [0.05, 0.1) is 25.3 Å². The van der Waals surface area contributed by atoms with Crippen molar-refractivity contribution in [2.75, 3.05) is 7.11 Å². The van der Waals surface area contributed by atoms with E-state index < -0.39 is 17.6 Å². The third-order valence-corrected chi connectivity index (χ3v) is 5.88. The van der Waals surface area contributed by atoms with Gasteiger partial charge in [0, 0.05) is 0 Å². The first kappa shape index (κ1) is 15.6. The van der Waals surface area contributed by atoms with Crippen LogP contribution >= 0.6 is 0 Å². The second-order valence-corrected chi connectivity index (χ2v) is 7.18. The molecule has 0 spiro atoms. The summed E-state index contributed by atoms with van der Waals surface area (Å²) >= 11 is 0. The van der Waals surface area contributed by atoms with Crippen molar-refractivity contribution in [2.45, 2.75) is 24.3 Å². The summed E-state index contributed by atoms with van der Waals surface area (Å²) in [5.74, 6) is 0.725. The number of aromatic nitrogens is 3. The first-order chi connectivity index (χ1) is 13.7. The largest absolute Gasteiger partial charge is 0.497 e. The summed E-state index contributed by atoms with van der Waals surface area (Å²) in [6, 6.07) is 15.0. The highest BCUT2D eigenvalue weighted by molar-refractivity contribution is 5.79. The van der Waals surface area contributed by atoms with Gasteiger partial charge >= 0.3 is 11.4 Å². The van der Waals surface area contributed by atoms with Crippen molar-refractivity contribution in [1.29, 1.82) is 0 Å². The molecule has 0 unspecified atom stereocenters. The quantitative estimate of drug-likeness (QED) is 0.651. The molecule has 1 fully saturated rings. The van der Waals surface area contributed by atoms with Crippen molar-refractivity contribution in [3.8, 4) is 5.75 Å². The molecule has 4 atom stereocenters. The predicted octanol–water partition coefficient (Wildman–Crippen LogP) is 1.62. The number of fused-ring (bicyclic) bond motifs is 4. The minimum Gasteiger partial charge on any atom is -0.497 e. The molecule has 0 N–H and O–H groups in total. The van der Waals surface area contributed by atoms with E-state index in [0.29, 0.717) is 0 Å². The van der Waals surface area contributed by atoms with Crippen LogP contribution in [0.1, 0.15) is 41.0 Å². The lowest BCUT2D eigenvalue weighted by Gasteiger charge is -2.26. The van der Waals surface area contributed by atoms with Gasteiger partial charge in [-0.3, -0.25) is 0 Å². The van der Waals surface area contributed by atoms with Crippen LogP contribution in [-0.4, -0.2) is 27.4 Å². The Morgan fingerprint density at radius 2 is 1.71 bits per heavy atom. The fraction of sp³-hybridized carbons (Fsp3) is 0.250. The van der Waals surface area contributed by atoms with E-state index in [0.717, 1.165) is 27.1 Å². The SMILES string of the molecule is COc1ccc(C=Nn2c(=O)n3n(c2=O)[C@@H]2O[C@H]4c5ccccc5[C@@H]2[C@H]43)cc1. The molecule has 3 heterocycles. The molecule has 0 radical (unpaired) electrons. The Balaban J connectivity index is 1.41. The molecule has 3 aliphatic rings. The maximum Gasteiger partial charge on any atom is 0.370 e. The smallest absolute Gasteiger partial charge is 0.370 e. The fourth-order valence-electron chi connectivity index (χ4n) is 4.71. The van der Waals surface area contributed by atoms with Gasteiger partial charge < -0.3 is 9.47 Å². The number of rotatable bonds is 3. The zero-order chi connectivity index (χ0) is 19.0. The van der Waals surface area contributed by atoms with E-state index >= 15 is 0 Å². The summed E-state index contributed by atoms with van der Waals surface area (Å²) in [7, 11) is 1.59. The molecule has 2 aliphatic heterocycles. The summed E-state index contributed by atoms with van der Waals surface area (Å²) in [6.07, 6.45) is 0.845. The fourth-order valence-corrected chi connectivity index (χ4v) is 4.71. The molecule has 6 rings (SSSR count). The summed E-state index contributed by atoms with van der Waals surface area (Å²) in [5, 5.41) is 4.14. The molecule has 4 bridgehead atoms. The minimum atomic E-state index is -0.481. The number of methoxy groups -OCH3 is 1. The maximum absolute atomic E-state index is 13.0. The van der Waals surface area contributed by atoms with Crippen molar-refractivity contribution >= 4 is 6.21 Å². The number of nitrogens with zero attached hydrogens (tertiary/aromatic N) is 4. The van der Waals surface area contributed by atoms with Crippen molar-refractivity contribution in [3.05, 3.63) is 86.2 Å². The first-order valence-electron chi connectivity index (χ1n) is 9.08. The molecule has 28 heavy (non-hydrogen) atoms. The van der Waals surface area contributed by atoms with E-state index in [1.165, 1.54) is 15.6 Å². The second kappa shape index (κ2) is 5.32. The lowest BCUT2D eigenvalue weighted by molar-refractivity contribution is -0.0557. The lowest BCUT2D eigenvalue weighted by atomic mass is 9.98. The van der Waals surface area contributed by atoms with Gasteiger partial charge in [0.1, 0.15) is 11.9 Å². The van der Waals surface area contributed by atoms with E-state index in [4.69, 9.17) is 9.47 Å². The Labute approximate surface area is 158 Å². The summed E-state index contributed by atoms with van der Waals surface area (Å²) in [4.78, 5) is 25.9. The average molecular weight is 376 g/mol. The highest BCUT2D eigenvalue weighted by Gasteiger charge is 2.61. The van der Waals surface area contributed by atoms with Crippen LogP contribution in [0.5, 0.6) is 5.75 Å². The maximum atomic E-state index is 13.0. The van der Waals surface area contributed by atoms with Gasteiger partial charge in [-0.15, -0.1) is 4.68 Å². The van der Waals surface area contributed by atoms with Crippen LogP contribution in [0, 0.1) is 0 Å². The van der Waals surface area contributed by atoms with Gasteiger partial charge in [0.2, 0.25) is 0 Å². The first-order valence-corrected chi connectivity index (χ1v) is 9.08. The van der Waals surface area contributed by atoms with Gasteiger partial charge in [-0.1, -0.05) is 24.3 Å². The molecule has 3 aromatic rings. The van der Waals surface area contributed by atoms with Crippen LogP contribution in [0.25, 0.3) is 0 Å². The predicted molar refractivity (Wildman–Crippen MR) is 100 cm³/mol. The van der Waals surface area contributed by atoms with Gasteiger partial charge in [-0.2, -0.15) is 9.78 Å². The Bertz CT molecular complexity index is 1250. The summed E-state index contributed by atoms with van der Waals surface area (Å²) in [5.41, 5.74) is 2.11. The van der Waals surface area contributed by atoms with E-state index in [-0.39, 0.29) is 18.1 Å². The van der Waals surface area contributed by atoms with Gasteiger partial charge in [-0.05, 0) is 41.0 Å². The molecule has 2 aromatic carbocycles. The molecule has 8 heteroatoms. The van der Waals surface area contributed by atoms with Gasteiger partial charge in [0.15, 0.2) is 6.23 Å². The van der Waals surface area contributed by atoms with E-state index in [1.54, 1.807) is 31.4 Å². The topological polar surface area (TPSA) is 79.8 Å². The zero-order valence-corrected chi connectivity index (χ0v) is 14.9. The molecular weight excluding hydrogens is 360 g/mol. The van der Waals surface area contributed by atoms with Crippen molar-refractivity contribution < 1.29 is 9.47 Å². The lowest BCUT2D eigenvalue weighted by Crippen LogP contribution is -2.32. The van der Waals surface area contributed by atoms with Crippen LogP contribution in [0.3, 0.4) is 0 Å². The number of hydrogen-bond acceptors (Lipinski definition) is 5. The van der Waals surface area contributed by atoms with Crippen LogP contribution < -0.4 is 16.1 Å². The summed E-state index contributed by atoms with van der Waals surface area (Å²) < 4.78 is 15.0.